The third-order valence-electron chi connectivity index (χ3n) is 4.18. The molecule has 3 aromatic heterocycles. The first kappa shape index (κ1) is 18.5. The molecule has 8 nitrogen and oxygen atoms in total. The zero-order valence-electron chi connectivity index (χ0n) is 15.2. The standard InChI is InChI=1S/C20H17FN6O2/c21-12-8-15(14-3-5-23-16(14)9-12)17-10-18(24-6-7-28)27-19(26-17)20(29)25-13-2-1-4-22-11-13/h1-5,8-11,23,28H,6-7H2,(H,25,29)(H,24,26,27). The molecule has 0 atom stereocenters. The van der Waals surface area contributed by atoms with Gasteiger partial charge in [0, 0.05) is 41.5 Å². The van der Waals surface area contributed by atoms with E-state index in [0.717, 1.165) is 5.39 Å². The van der Waals surface area contributed by atoms with Gasteiger partial charge in [0.25, 0.3) is 5.91 Å². The van der Waals surface area contributed by atoms with Crippen molar-refractivity contribution in [2.24, 2.45) is 0 Å². The van der Waals surface area contributed by atoms with Crippen molar-refractivity contribution in [3.63, 3.8) is 0 Å². The molecule has 1 aromatic carbocycles. The van der Waals surface area contributed by atoms with E-state index in [2.05, 4.69) is 30.6 Å². The Bertz CT molecular complexity index is 1160. The molecule has 9 heteroatoms. The summed E-state index contributed by atoms with van der Waals surface area (Å²) in [6.45, 7) is 0.126. The van der Waals surface area contributed by atoms with Gasteiger partial charge in [0.1, 0.15) is 11.6 Å². The van der Waals surface area contributed by atoms with Crippen LogP contribution in [0.5, 0.6) is 0 Å². The molecule has 4 N–H and O–H groups in total. The van der Waals surface area contributed by atoms with E-state index in [1.807, 2.05) is 6.07 Å². The SMILES string of the molecule is O=C(Nc1cccnc1)c1nc(NCCO)cc(-c2cc(F)cc3[nH]ccc23)n1. The minimum Gasteiger partial charge on any atom is -0.395 e. The number of H-pyrrole nitrogens is 1. The number of aromatic amines is 1. The molecule has 3 heterocycles. The van der Waals surface area contributed by atoms with Crippen LogP contribution in [0.2, 0.25) is 0 Å². The van der Waals surface area contributed by atoms with Crippen LogP contribution < -0.4 is 10.6 Å². The highest BCUT2D eigenvalue weighted by Crippen LogP contribution is 2.29. The van der Waals surface area contributed by atoms with Gasteiger partial charge in [-0.25, -0.2) is 14.4 Å². The lowest BCUT2D eigenvalue weighted by atomic mass is 10.1. The average molecular weight is 392 g/mol. The molecule has 0 aliphatic carbocycles. The van der Waals surface area contributed by atoms with E-state index < -0.39 is 11.7 Å². The van der Waals surface area contributed by atoms with Crippen LogP contribution in [-0.2, 0) is 0 Å². The molecular weight excluding hydrogens is 375 g/mol. The molecule has 29 heavy (non-hydrogen) atoms. The van der Waals surface area contributed by atoms with Gasteiger partial charge in [0.2, 0.25) is 5.82 Å². The average Bonchev–Trinajstić information content (AvgIpc) is 3.20. The number of aliphatic hydroxyl groups is 1. The number of nitrogens with zero attached hydrogens (tertiary/aromatic N) is 3. The Morgan fingerprint density at radius 2 is 2.10 bits per heavy atom. The summed E-state index contributed by atoms with van der Waals surface area (Å²) in [4.78, 5) is 28.2. The van der Waals surface area contributed by atoms with Crippen LogP contribution in [0.3, 0.4) is 0 Å². The molecule has 0 unspecified atom stereocenters. The lowest BCUT2D eigenvalue weighted by molar-refractivity contribution is 0.101. The van der Waals surface area contributed by atoms with Crippen LogP contribution in [0, 0.1) is 5.82 Å². The van der Waals surface area contributed by atoms with Crippen LogP contribution in [-0.4, -0.2) is 44.1 Å². The molecule has 0 fully saturated rings. The van der Waals surface area contributed by atoms with Gasteiger partial charge in [-0.2, -0.15) is 0 Å². The van der Waals surface area contributed by atoms with Crippen LogP contribution in [0.4, 0.5) is 15.9 Å². The Morgan fingerprint density at radius 1 is 1.21 bits per heavy atom. The summed E-state index contributed by atoms with van der Waals surface area (Å²) in [5, 5.41) is 15.5. The van der Waals surface area contributed by atoms with Crippen molar-refractivity contribution in [3.05, 3.63) is 66.6 Å². The number of rotatable bonds is 6. The van der Waals surface area contributed by atoms with Crippen molar-refractivity contribution in [3.8, 4) is 11.3 Å². The number of carbonyl (C=O) groups is 1. The minimum atomic E-state index is -0.534. The molecule has 0 saturated heterocycles. The summed E-state index contributed by atoms with van der Waals surface area (Å²) in [6, 6.07) is 9.55. The number of hydrogen-bond acceptors (Lipinski definition) is 6. The zero-order valence-corrected chi connectivity index (χ0v) is 15.2. The number of aliphatic hydroxyl groups excluding tert-OH is 1. The fourth-order valence-electron chi connectivity index (χ4n) is 2.93. The molecule has 0 aliphatic rings. The van der Waals surface area contributed by atoms with Gasteiger partial charge in [-0.1, -0.05) is 0 Å². The zero-order chi connectivity index (χ0) is 20.2. The monoisotopic (exact) mass is 392 g/mol. The van der Waals surface area contributed by atoms with Gasteiger partial charge in [-0.3, -0.25) is 9.78 Å². The number of amides is 1. The summed E-state index contributed by atoms with van der Waals surface area (Å²) in [5.74, 6) is -0.721. The lowest BCUT2D eigenvalue weighted by Gasteiger charge is -2.11. The summed E-state index contributed by atoms with van der Waals surface area (Å²) < 4.78 is 14.1. The van der Waals surface area contributed by atoms with Gasteiger partial charge in [0.05, 0.1) is 24.2 Å². The fraction of sp³-hybridized carbons (Fsp3) is 0.100. The van der Waals surface area contributed by atoms with E-state index in [0.29, 0.717) is 28.3 Å². The summed E-state index contributed by atoms with van der Waals surface area (Å²) in [6.07, 6.45) is 4.80. The molecule has 4 rings (SSSR count). The number of anilines is 2. The number of benzene rings is 1. The minimum absolute atomic E-state index is 0.0975. The number of fused-ring (bicyclic) bond motifs is 1. The molecule has 4 aromatic rings. The maximum absolute atomic E-state index is 14.1. The van der Waals surface area contributed by atoms with Crippen LogP contribution in [0.1, 0.15) is 10.6 Å². The van der Waals surface area contributed by atoms with E-state index in [4.69, 9.17) is 5.11 Å². The van der Waals surface area contributed by atoms with E-state index in [9.17, 15) is 9.18 Å². The second-order valence-electron chi connectivity index (χ2n) is 6.20. The number of hydrogen-bond donors (Lipinski definition) is 4. The first-order chi connectivity index (χ1) is 14.1. The second-order valence-corrected chi connectivity index (χ2v) is 6.20. The molecule has 1 amide bonds. The van der Waals surface area contributed by atoms with Crippen molar-refractivity contribution < 1.29 is 14.3 Å². The van der Waals surface area contributed by atoms with Crippen LogP contribution >= 0.6 is 0 Å². The Hall–Kier alpha value is -3.85. The molecule has 0 radical (unpaired) electrons. The number of nitrogens with one attached hydrogen (secondary N) is 3. The van der Waals surface area contributed by atoms with Crippen molar-refractivity contribution in [2.75, 3.05) is 23.8 Å². The largest absolute Gasteiger partial charge is 0.395 e. The van der Waals surface area contributed by atoms with E-state index in [1.165, 1.54) is 18.3 Å². The van der Waals surface area contributed by atoms with Gasteiger partial charge >= 0.3 is 0 Å². The molecule has 146 valence electrons. The Labute approximate surface area is 164 Å². The number of aromatic nitrogens is 4. The van der Waals surface area contributed by atoms with Crippen molar-refractivity contribution in [1.82, 2.24) is 19.9 Å². The molecule has 0 bridgehead atoms. The Morgan fingerprint density at radius 3 is 2.90 bits per heavy atom. The predicted molar refractivity (Wildman–Crippen MR) is 107 cm³/mol. The summed E-state index contributed by atoms with van der Waals surface area (Å²) in [7, 11) is 0. The quantitative estimate of drug-likeness (QED) is 0.401. The third kappa shape index (κ3) is 4.04. The highest BCUT2D eigenvalue weighted by Gasteiger charge is 2.16. The molecule has 0 spiro atoms. The molecular formula is C20H17FN6O2. The van der Waals surface area contributed by atoms with Gasteiger partial charge < -0.3 is 20.7 Å². The highest BCUT2D eigenvalue weighted by molar-refractivity contribution is 6.02. The first-order valence-corrected chi connectivity index (χ1v) is 8.86. The number of halogens is 1. The Balaban J connectivity index is 1.78. The summed E-state index contributed by atoms with van der Waals surface area (Å²) >= 11 is 0. The van der Waals surface area contributed by atoms with Crippen LogP contribution in [0.25, 0.3) is 22.2 Å². The lowest BCUT2D eigenvalue weighted by Crippen LogP contribution is -2.18. The molecule has 0 saturated carbocycles. The Kier molecular flexibility index (Phi) is 5.12. The topological polar surface area (TPSA) is 116 Å². The predicted octanol–water partition coefficient (Wildman–Crippen LogP) is 2.82. The van der Waals surface area contributed by atoms with Gasteiger partial charge in [-0.05, 0) is 30.3 Å². The van der Waals surface area contributed by atoms with Crippen molar-refractivity contribution >= 4 is 28.3 Å². The van der Waals surface area contributed by atoms with E-state index in [1.54, 1.807) is 30.6 Å². The first-order valence-electron chi connectivity index (χ1n) is 8.86. The number of carbonyl (C=O) groups excluding carboxylic acids is 1. The maximum atomic E-state index is 14.1. The van der Waals surface area contributed by atoms with E-state index in [-0.39, 0.29) is 19.0 Å². The maximum Gasteiger partial charge on any atom is 0.293 e. The van der Waals surface area contributed by atoms with Crippen molar-refractivity contribution in [2.45, 2.75) is 0 Å². The van der Waals surface area contributed by atoms with E-state index >= 15 is 0 Å². The summed E-state index contributed by atoms with van der Waals surface area (Å²) in [5.41, 5.74) is 2.01. The smallest absolute Gasteiger partial charge is 0.293 e. The fourth-order valence-corrected chi connectivity index (χ4v) is 2.93. The molecule has 0 aliphatic heterocycles. The second kappa shape index (κ2) is 8.03. The van der Waals surface area contributed by atoms with Gasteiger partial charge in [-0.15, -0.1) is 0 Å². The third-order valence-corrected chi connectivity index (χ3v) is 4.18. The normalized spacial score (nSPS) is 10.8. The van der Waals surface area contributed by atoms with Crippen molar-refractivity contribution in [1.29, 1.82) is 0 Å². The van der Waals surface area contributed by atoms with Gasteiger partial charge in [0.15, 0.2) is 0 Å². The highest BCUT2D eigenvalue weighted by atomic mass is 19.1. The number of pyridine rings is 1. The van der Waals surface area contributed by atoms with Crippen LogP contribution in [0.15, 0.2) is 55.0 Å².